The Kier molecular flexibility index (Phi) is 5.56. The van der Waals surface area contributed by atoms with Crippen molar-refractivity contribution in [1.82, 2.24) is 15.1 Å². The Bertz CT molecular complexity index is 954. The lowest BCUT2D eigenvalue weighted by Gasteiger charge is -2.35. The molecule has 4 rings (SSSR count). The minimum absolute atomic E-state index is 0.125. The summed E-state index contributed by atoms with van der Waals surface area (Å²) in [7, 11) is 1.59. The molecule has 0 radical (unpaired) electrons. The summed E-state index contributed by atoms with van der Waals surface area (Å²) in [5.74, 6) is 1.47. The van der Waals surface area contributed by atoms with Crippen LogP contribution in [0.1, 0.15) is 0 Å². The van der Waals surface area contributed by atoms with Crippen molar-refractivity contribution in [3.8, 4) is 17.0 Å². The molecule has 0 spiro atoms. The fourth-order valence-corrected chi connectivity index (χ4v) is 3.34. The number of urea groups is 1. The number of nitrogens with zero attached hydrogens (tertiary/aromatic N) is 4. The van der Waals surface area contributed by atoms with Gasteiger partial charge in [-0.1, -0.05) is 42.5 Å². The minimum atomic E-state index is -0.125. The molecule has 0 saturated carbocycles. The van der Waals surface area contributed by atoms with Gasteiger partial charge in [0.2, 0.25) is 0 Å². The normalized spacial score (nSPS) is 13.8. The smallest absolute Gasteiger partial charge is 0.322 e. The van der Waals surface area contributed by atoms with E-state index in [0.717, 1.165) is 17.1 Å². The lowest BCUT2D eigenvalue weighted by molar-refractivity contribution is 0.208. The van der Waals surface area contributed by atoms with Crippen molar-refractivity contribution in [1.29, 1.82) is 0 Å². The average molecular weight is 389 g/mol. The molecule has 7 nitrogen and oxygen atoms in total. The van der Waals surface area contributed by atoms with Gasteiger partial charge in [0.05, 0.1) is 18.5 Å². The van der Waals surface area contributed by atoms with E-state index in [-0.39, 0.29) is 6.03 Å². The highest BCUT2D eigenvalue weighted by molar-refractivity contribution is 5.91. The monoisotopic (exact) mass is 389 g/mol. The van der Waals surface area contributed by atoms with Gasteiger partial charge in [-0.3, -0.25) is 0 Å². The Morgan fingerprint density at radius 2 is 1.62 bits per heavy atom. The number of carbonyl (C=O) groups is 1. The Morgan fingerprint density at radius 1 is 0.897 bits per heavy atom. The van der Waals surface area contributed by atoms with Gasteiger partial charge in [0.1, 0.15) is 5.75 Å². The molecule has 29 heavy (non-hydrogen) atoms. The summed E-state index contributed by atoms with van der Waals surface area (Å²) < 4.78 is 5.29. The Morgan fingerprint density at radius 3 is 2.31 bits per heavy atom. The molecule has 0 atom stereocenters. The minimum Gasteiger partial charge on any atom is -0.495 e. The first kappa shape index (κ1) is 18.7. The van der Waals surface area contributed by atoms with Crippen molar-refractivity contribution in [3.05, 3.63) is 66.7 Å². The van der Waals surface area contributed by atoms with Crippen LogP contribution in [0.4, 0.5) is 16.3 Å². The molecule has 1 aromatic heterocycles. The second-order valence-electron chi connectivity index (χ2n) is 6.75. The molecular weight excluding hydrogens is 366 g/mol. The summed E-state index contributed by atoms with van der Waals surface area (Å²) in [6.07, 6.45) is 0. The van der Waals surface area contributed by atoms with E-state index in [0.29, 0.717) is 37.6 Å². The van der Waals surface area contributed by atoms with Crippen LogP contribution in [0.15, 0.2) is 66.7 Å². The predicted molar refractivity (Wildman–Crippen MR) is 113 cm³/mol. The number of amides is 2. The average Bonchev–Trinajstić information content (AvgIpc) is 2.80. The summed E-state index contributed by atoms with van der Waals surface area (Å²) in [6.45, 7) is 2.64. The van der Waals surface area contributed by atoms with E-state index in [1.807, 2.05) is 66.7 Å². The van der Waals surface area contributed by atoms with E-state index in [1.54, 1.807) is 12.0 Å². The topological polar surface area (TPSA) is 70.6 Å². The Balaban J connectivity index is 1.35. The van der Waals surface area contributed by atoms with Crippen molar-refractivity contribution >= 4 is 17.5 Å². The lowest BCUT2D eigenvalue weighted by Crippen LogP contribution is -2.50. The zero-order valence-electron chi connectivity index (χ0n) is 16.3. The van der Waals surface area contributed by atoms with Gasteiger partial charge in [-0.25, -0.2) is 4.79 Å². The number of para-hydroxylation sites is 2. The Hall–Kier alpha value is -3.61. The van der Waals surface area contributed by atoms with Crippen LogP contribution < -0.4 is 15.0 Å². The van der Waals surface area contributed by atoms with E-state index in [4.69, 9.17) is 4.74 Å². The summed E-state index contributed by atoms with van der Waals surface area (Å²) in [5, 5.41) is 11.7. The van der Waals surface area contributed by atoms with Gasteiger partial charge in [0.25, 0.3) is 0 Å². The number of hydrogen-bond donors (Lipinski definition) is 1. The van der Waals surface area contributed by atoms with Gasteiger partial charge in [-0.05, 0) is 24.3 Å². The van der Waals surface area contributed by atoms with E-state index >= 15 is 0 Å². The number of piperazine rings is 1. The number of benzene rings is 2. The Labute approximate surface area is 169 Å². The number of ether oxygens (including phenoxy) is 1. The number of rotatable bonds is 4. The van der Waals surface area contributed by atoms with Crippen LogP contribution in [-0.2, 0) is 0 Å². The SMILES string of the molecule is COc1ccccc1NC(=O)N1CCN(c2ccc(-c3ccccc3)nn2)CC1. The van der Waals surface area contributed by atoms with Gasteiger partial charge < -0.3 is 19.9 Å². The van der Waals surface area contributed by atoms with E-state index in [9.17, 15) is 4.79 Å². The van der Waals surface area contributed by atoms with Crippen molar-refractivity contribution in [2.75, 3.05) is 43.5 Å². The first-order chi connectivity index (χ1) is 14.2. The van der Waals surface area contributed by atoms with Crippen LogP contribution in [0.25, 0.3) is 11.3 Å². The molecule has 148 valence electrons. The molecule has 1 aliphatic heterocycles. The van der Waals surface area contributed by atoms with E-state index in [2.05, 4.69) is 20.4 Å². The van der Waals surface area contributed by atoms with Gasteiger partial charge >= 0.3 is 6.03 Å². The second-order valence-corrected chi connectivity index (χ2v) is 6.75. The number of hydrogen-bond acceptors (Lipinski definition) is 5. The molecule has 1 fully saturated rings. The van der Waals surface area contributed by atoms with Crippen molar-refractivity contribution < 1.29 is 9.53 Å². The largest absolute Gasteiger partial charge is 0.495 e. The summed E-state index contributed by atoms with van der Waals surface area (Å²) in [4.78, 5) is 16.5. The number of anilines is 2. The first-order valence-corrected chi connectivity index (χ1v) is 9.57. The lowest BCUT2D eigenvalue weighted by atomic mass is 10.1. The zero-order valence-corrected chi connectivity index (χ0v) is 16.3. The molecule has 2 aromatic carbocycles. The third-order valence-corrected chi connectivity index (χ3v) is 4.96. The van der Waals surface area contributed by atoms with Crippen molar-refractivity contribution in [2.45, 2.75) is 0 Å². The zero-order chi connectivity index (χ0) is 20.1. The van der Waals surface area contributed by atoms with Crippen LogP contribution in [0.5, 0.6) is 5.75 Å². The molecule has 0 bridgehead atoms. The fraction of sp³-hybridized carbons (Fsp3) is 0.227. The molecule has 7 heteroatoms. The second kappa shape index (κ2) is 8.60. The third kappa shape index (κ3) is 4.29. The molecule has 0 aliphatic carbocycles. The molecule has 1 aliphatic rings. The highest BCUT2D eigenvalue weighted by atomic mass is 16.5. The van der Waals surface area contributed by atoms with Gasteiger partial charge in [-0.15, -0.1) is 10.2 Å². The van der Waals surface area contributed by atoms with Crippen LogP contribution >= 0.6 is 0 Å². The summed E-state index contributed by atoms with van der Waals surface area (Å²) in [5.41, 5.74) is 2.57. The van der Waals surface area contributed by atoms with E-state index in [1.165, 1.54) is 0 Å². The molecule has 1 saturated heterocycles. The fourth-order valence-electron chi connectivity index (χ4n) is 3.34. The first-order valence-electron chi connectivity index (χ1n) is 9.57. The molecule has 0 unspecified atom stereocenters. The predicted octanol–water partition coefficient (Wildman–Crippen LogP) is 3.51. The van der Waals surface area contributed by atoms with Crippen LogP contribution in [0.2, 0.25) is 0 Å². The van der Waals surface area contributed by atoms with E-state index < -0.39 is 0 Å². The number of nitrogens with one attached hydrogen (secondary N) is 1. The maximum Gasteiger partial charge on any atom is 0.322 e. The van der Waals surface area contributed by atoms with Crippen molar-refractivity contribution in [2.24, 2.45) is 0 Å². The summed E-state index contributed by atoms with van der Waals surface area (Å²) >= 11 is 0. The molecule has 3 aromatic rings. The standard InChI is InChI=1S/C22H23N5O2/c1-29-20-10-6-5-9-19(20)23-22(28)27-15-13-26(14-16-27)21-12-11-18(24-25-21)17-7-3-2-4-8-17/h2-12H,13-16H2,1H3,(H,23,28). The van der Waals surface area contributed by atoms with Crippen LogP contribution in [-0.4, -0.2) is 54.4 Å². The number of carbonyl (C=O) groups excluding carboxylic acids is 1. The maximum absolute atomic E-state index is 12.6. The number of aromatic nitrogens is 2. The third-order valence-electron chi connectivity index (χ3n) is 4.96. The van der Waals surface area contributed by atoms with Gasteiger partial charge in [-0.2, -0.15) is 0 Å². The molecular formula is C22H23N5O2. The highest BCUT2D eigenvalue weighted by Gasteiger charge is 2.22. The highest BCUT2D eigenvalue weighted by Crippen LogP contribution is 2.24. The molecule has 2 amide bonds. The maximum atomic E-state index is 12.6. The van der Waals surface area contributed by atoms with Gasteiger partial charge in [0.15, 0.2) is 5.82 Å². The van der Waals surface area contributed by atoms with Gasteiger partial charge in [0, 0.05) is 31.7 Å². The van der Waals surface area contributed by atoms with Crippen LogP contribution in [0.3, 0.4) is 0 Å². The quantitative estimate of drug-likeness (QED) is 0.739. The number of methoxy groups -OCH3 is 1. The molecule has 2 heterocycles. The summed E-state index contributed by atoms with van der Waals surface area (Å²) in [6, 6.07) is 21.2. The van der Waals surface area contributed by atoms with Crippen LogP contribution in [0, 0.1) is 0 Å². The molecule has 1 N–H and O–H groups in total. The van der Waals surface area contributed by atoms with Crippen molar-refractivity contribution in [3.63, 3.8) is 0 Å².